The zero-order chi connectivity index (χ0) is 16.3. The predicted octanol–water partition coefficient (Wildman–Crippen LogP) is 6.94. The van der Waals surface area contributed by atoms with Gasteiger partial charge in [-0.15, -0.1) is 0 Å². The molecule has 0 unspecified atom stereocenters. The molecule has 21 heavy (non-hydrogen) atoms. The molecule has 110 valence electrons. The zero-order valence-corrected chi connectivity index (χ0v) is 14.2. The summed E-state index contributed by atoms with van der Waals surface area (Å²) in [6, 6.07) is 0. The normalized spacial score (nSPS) is 11.1. The third-order valence-corrected chi connectivity index (χ3v) is 3.54. The lowest BCUT2D eigenvalue weighted by Crippen LogP contribution is -1.73. The molecule has 0 bridgehead atoms. The molecule has 0 N–H and O–H groups in total. The molecule has 0 rings (SSSR count). The maximum atomic E-state index is 3.98. The second-order valence-corrected chi connectivity index (χ2v) is 6.68. The van der Waals surface area contributed by atoms with E-state index in [4.69, 9.17) is 0 Å². The highest BCUT2D eigenvalue weighted by molar-refractivity contribution is 8.07. The molecule has 0 spiro atoms. The Morgan fingerprint density at radius 2 is 1.05 bits per heavy atom. The summed E-state index contributed by atoms with van der Waals surface area (Å²) in [6.45, 7) is 25.2. The topological polar surface area (TPSA) is 0 Å². The molecule has 2 heteroatoms. The smallest absolute Gasteiger partial charge is 0.00501 e. The maximum Gasteiger partial charge on any atom is 0.00501 e. The minimum absolute atomic E-state index is 0.901. The first-order valence-corrected chi connectivity index (χ1v) is 7.90. The molecular formula is C19H22S2. The first-order valence-electron chi connectivity index (χ1n) is 6.27. The van der Waals surface area contributed by atoms with Gasteiger partial charge in [0, 0.05) is 19.6 Å². The van der Waals surface area contributed by atoms with Gasteiger partial charge in [-0.2, -0.15) is 0 Å². The minimum atomic E-state index is 0.901. The van der Waals surface area contributed by atoms with Crippen molar-refractivity contribution in [1.82, 2.24) is 0 Å². The van der Waals surface area contributed by atoms with Gasteiger partial charge in [0.2, 0.25) is 0 Å². The third kappa shape index (κ3) is 11.9. The number of hydrogen-bond acceptors (Lipinski definition) is 2. The molecule has 0 aromatic carbocycles. The van der Waals surface area contributed by atoms with Crippen LogP contribution in [0.2, 0.25) is 0 Å². The van der Waals surface area contributed by atoms with Gasteiger partial charge in [-0.25, -0.2) is 0 Å². The van der Waals surface area contributed by atoms with Crippen LogP contribution in [0.5, 0.6) is 0 Å². The molecule has 0 saturated heterocycles. The molecule has 0 aliphatic carbocycles. The van der Waals surface area contributed by atoms with Crippen molar-refractivity contribution >= 4 is 23.5 Å². The van der Waals surface area contributed by atoms with Crippen LogP contribution < -0.4 is 0 Å². The van der Waals surface area contributed by atoms with Crippen molar-refractivity contribution < 1.29 is 0 Å². The van der Waals surface area contributed by atoms with Crippen molar-refractivity contribution in [3.8, 4) is 0 Å². The van der Waals surface area contributed by atoms with Gasteiger partial charge >= 0.3 is 0 Å². The summed E-state index contributed by atoms with van der Waals surface area (Å²) in [5.41, 5.74) is 0.994. The summed E-state index contributed by atoms with van der Waals surface area (Å²) >= 11 is 3.02. The fraction of sp³-hybridized carbons (Fsp3) is 0.0526. The lowest BCUT2D eigenvalue weighted by atomic mass is 10.3. The van der Waals surface area contributed by atoms with Gasteiger partial charge in [0.1, 0.15) is 0 Å². The average Bonchev–Trinajstić information content (AvgIpc) is 2.40. The Kier molecular flexibility index (Phi) is 10.2. The minimum Gasteiger partial charge on any atom is -0.0991 e. The Hall–Kier alpha value is -1.64. The summed E-state index contributed by atoms with van der Waals surface area (Å²) in [5, 5.41) is 0. The van der Waals surface area contributed by atoms with Crippen molar-refractivity contribution in [2.75, 3.05) is 0 Å². The first kappa shape index (κ1) is 19.4. The highest BCUT2D eigenvalue weighted by Crippen LogP contribution is 2.28. The molecule has 0 fully saturated rings. The van der Waals surface area contributed by atoms with Gasteiger partial charge < -0.3 is 0 Å². The van der Waals surface area contributed by atoms with Gasteiger partial charge in [0.05, 0.1) is 0 Å². The van der Waals surface area contributed by atoms with E-state index in [1.807, 2.05) is 43.4 Å². The van der Waals surface area contributed by atoms with Gasteiger partial charge in [-0.05, 0) is 31.2 Å². The largest absolute Gasteiger partial charge is 0.0991 e. The number of allylic oxidation sites excluding steroid dienone is 8. The zero-order valence-electron chi connectivity index (χ0n) is 12.6. The number of rotatable bonds is 10. The van der Waals surface area contributed by atoms with Crippen LogP contribution in [-0.4, -0.2) is 0 Å². The molecule has 0 atom stereocenters. The first-order chi connectivity index (χ1) is 9.85. The highest BCUT2D eigenvalue weighted by atomic mass is 32.2. The van der Waals surface area contributed by atoms with Gasteiger partial charge in [-0.1, -0.05) is 86.8 Å². The van der Waals surface area contributed by atoms with E-state index in [1.54, 1.807) is 6.08 Å². The monoisotopic (exact) mass is 314 g/mol. The average molecular weight is 315 g/mol. The van der Waals surface area contributed by atoms with Crippen LogP contribution in [-0.2, 0) is 0 Å². The van der Waals surface area contributed by atoms with E-state index in [0.29, 0.717) is 0 Å². The summed E-state index contributed by atoms with van der Waals surface area (Å²) < 4.78 is 0. The Morgan fingerprint density at radius 3 is 1.43 bits per heavy atom. The van der Waals surface area contributed by atoms with Crippen LogP contribution in [0, 0.1) is 0 Å². The SMILES string of the molecule is C=C/C=C\C(=C)SC(=C)/C=C\C(=C)SC(=C)/C=C\C(=C)C. The second-order valence-electron chi connectivity index (χ2n) is 4.18. The molecule has 0 aromatic heterocycles. The van der Waals surface area contributed by atoms with Crippen molar-refractivity contribution in [3.05, 3.63) is 107 Å². The van der Waals surface area contributed by atoms with Gasteiger partial charge in [-0.3, -0.25) is 0 Å². The molecule has 0 aromatic rings. The van der Waals surface area contributed by atoms with E-state index >= 15 is 0 Å². The van der Waals surface area contributed by atoms with Crippen LogP contribution in [0.25, 0.3) is 0 Å². The number of hydrogen-bond donors (Lipinski definition) is 0. The van der Waals surface area contributed by atoms with Crippen molar-refractivity contribution in [3.63, 3.8) is 0 Å². The molecule has 0 aliphatic heterocycles. The quantitative estimate of drug-likeness (QED) is 0.401. The summed E-state index contributed by atoms with van der Waals surface area (Å²) in [7, 11) is 0. The molecule has 0 nitrogen and oxygen atoms in total. The maximum absolute atomic E-state index is 3.98. The lowest BCUT2D eigenvalue weighted by molar-refractivity contribution is 1.56. The third-order valence-electron chi connectivity index (χ3n) is 1.95. The van der Waals surface area contributed by atoms with Crippen LogP contribution in [0.4, 0.5) is 0 Å². The number of thioether (sulfide) groups is 2. The molecular weight excluding hydrogens is 292 g/mol. The van der Waals surface area contributed by atoms with Crippen molar-refractivity contribution in [1.29, 1.82) is 0 Å². The fourth-order valence-electron chi connectivity index (χ4n) is 1.07. The van der Waals surface area contributed by atoms with Crippen LogP contribution in [0.1, 0.15) is 6.92 Å². The summed E-state index contributed by atoms with van der Waals surface area (Å²) in [6.07, 6.45) is 13.2. The van der Waals surface area contributed by atoms with Crippen LogP contribution in [0.15, 0.2) is 107 Å². The Balaban J connectivity index is 4.31. The second kappa shape index (κ2) is 11.1. The molecule has 0 radical (unpaired) electrons. The van der Waals surface area contributed by atoms with E-state index in [9.17, 15) is 0 Å². The van der Waals surface area contributed by atoms with E-state index in [2.05, 4.69) is 39.5 Å². The van der Waals surface area contributed by atoms with Gasteiger partial charge in [0.15, 0.2) is 0 Å². The molecule has 0 amide bonds. The Bertz CT molecular complexity index is 540. The molecule has 0 aliphatic rings. The van der Waals surface area contributed by atoms with E-state index in [-0.39, 0.29) is 0 Å². The molecule has 0 heterocycles. The Morgan fingerprint density at radius 1 is 0.667 bits per heavy atom. The van der Waals surface area contributed by atoms with Crippen LogP contribution in [0.3, 0.4) is 0 Å². The lowest BCUT2D eigenvalue weighted by Gasteiger charge is -2.01. The standard InChI is InChI=1S/C19H22S2/c1-8-9-10-16(4)20-18(6)13-14-19(7)21-17(5)12-11-15(2)3/h8-14H,1-2,4-7H2,3H3/b10-9-,12-11-,14-13-. The fourth-order valence-corrected chi connectivity index (χ4v) is 2.30. The van der Waals surface area contributed by atoms with Crippen LogP contribution >= 0.6 is 23.5 Å². The predicted molar refractivity (Wildman–Crippen MR) is 104 cm³/mol. The van der Waals surface area contributed by atoms with E-state index < -0.39 is 0 Å². The van der Waals surface area contributed by atoms with Crippen molar-refractivity contribution in [2.24, 2.45) is 0 Å². The van der Waals surface area contributed by atoms with Gasteiger partial charge in [0.25, 0.3) is 0 Å². The summed E-state index contributed by atoms with van der Waals surface area (Å²) in [4.78, 5) is 3.64. The highest BCUT2D eigenvalue weighted by Gasteiger charge is 1.95. The molecule has 0 saturated carbocycles. The Labute approximate surface area is 137 Å². The van der Waals surface area contributed by atoms with E-state index in [0.717, 1.165) is 25.2 Å². The van der Waals surface area contributed by atoms with E-state index in [1.165, 1.54) is 23.5 Å². The summed E-state index contributed by atoms with van der Waals surface area (Å²) in [5.74, 6) is 0. The van der Waals surface area contributed by atoms with Crippen molar-refractivity contribution in [2.45, 2.75) is 6.92 Å².